The van der Waals surface area contributed by atoms with E-state index in [1.165, 1.54) is 37.0 Å². The van der Waals surface area contributed by atoms with E-state index in [4.69, 9.17) is 0 Å². The summed E-state index contributed by atoms with van der Waals surface area (Å²) in [6.45, 7) is 3.55. The second kappa shape index (κ2) is 6.94. The van der Waals surface area contributed by atoms with E-state index in [-0.39, 0.29) is 24.4 Å². The van der Waals surface area contributed by atoms with Gasteiger partial charge < -0.3 is 10.6 Å². The van der Waals surface area contributed by atoms with E-state index >= 15 is 0 Å². The molecule has 3 amide bonds. The molecule has 0 spiro atoms. The lowest BCUT2D eigenvalue weighted by atomic mass is 9.84. The molecule has 4 atom stereocenters. The average molecular weight is 362 g/mol. The Morgan fingerprint density at radius 3 is 3.08 bits per heavy atom. The first-order chi connectivity index (χ1) is 12.1. The van der Waals surface area contributed by atoms with Crippen LogP contribution in [0.1, 0.15) is 44.7 Å². The predicted octanol–water partition coefficient (Wildman–Crippen LogP) is 2.55. The van der Waals surface area contributed by atoms with Crippen molar-refractivity contribution in [2.75, 3.05) is 18.0 Å². The quantitative estimate of drug-likeness (QED) is 0.845. The Labute approximate surface area is 152 Å². The van der Waals surface area contributed by atoms with E-state index in [9.17, 15) is 9.59 Å². The fraction of sp³-hybridized carbons (Fsp3) is 0.722. The van der Waals surface area contributed by atoms with E-state index in [0.29, 0.717) is 17.6 Å². The molecule has 2 saturated carbocycles. The van der Waals surface area contributed by atoms with Crippen molar-refractivity contribution < 1.29 is 9.59 Å². The van der Waals surface area contributed by atoms with Crippen LogP contribution in [0.15, 0.2) is 5.38 Å². The summed E-state index contributed by atoms with van der Waals surface area (Å²) in [7, 11) is 0. The number of nitrogens with one attached hydrogen (secondary N) is 2. The summed E-state index contributed by atoms with van der Waals surface area (Å²) in [5, 5.41) is 8.58. The number of fused-ring (bicyclic) bond motifs is 2. The predicted molar refractivity (Wildman–Crippen MR) is 97.7 cm³/mol. The van der Waals surface area contributed by atoms with Crippen LogP contribution in [0.4, 0.5) is 9.93 Å². The summed E-state index contributed by atoms with van der Waals surface area (Å²) in [6.07, 6.45) is 6.56. The fourth-order valence-corrected chi connectivity index (χ4v) is 5.65. The van der Waals surface area contributed by atoms with Crippen molar-refractivity contribution in [1.29, 1.82) is 0 Å². The number of rotatable bonds is 5. The Morgan fingerprint density at radius 2 is 2.36 bits per heavy atom. The molecule has 2 heterocycles. The highest BCUT2D eigenvalue weighted by Crippen LogP contribution is 2.49. The van der Waals surface area contributed by atoms with Crippen molar-refractivity contribution in [3.8, 4) is 0 Å². The normalized spacial score (nSPS) is 29.6. The number of hydrogen-bond donors (Lipinski definition) is 2. The lowest BCUT2D eigenvalue weighted by Gasteiger charge is -2.28. The van der Waals surface area contributed by atoms with Gasteiger partial charge in [-0.3, -0.25) is 9.69 Å². The summed E-state index contributed by atoms with van der Waals surface area (Å²) >= 11 is 1.43. The minimum Gasteiger partial charge on any atom is -0.353 e. The van der Waals surface area contributed by atoms with Gasteiger partial charge in [-0.1, -0.05) is 6.42 Å². The second-order valence-electron chi connectivity index (χ2n) is 7.73. The summed E-state index contributed by atoms with van der Waals surface area (Å²) in [4.78, 5) is 30.4. The van der Waals surface area contributed by atoms with Crippen LogP contribution < -0.4 is 15.5 Å². The maximum absolute atomic E-state index is 12.4. The Morgan fingerprint density at radius 1 is 1.48 bits per heavy atom. The molecule has 0 radical (unpaired) electrons. The average Bonchev–Trinajstić information content (AvgIpc) is 3.31. The molecule has 2 bridgehead atoms. The third kappa shape index (κ3) is 3.52. The molecule has 1 aliphatic heterocycles. The second-order valence-corrected chi connectivity index (χ2v) is 8.57. The summed E-state index contributed by atoms with van der Waals surface area (Å²) < 4.78 is 0. The van der Waals surface area contributed by atoms with Gasteiger partial charge in [-0.2, -0.15) is 0 Å². The number of carbonyl (C=O) groups is 2. The lowest BCUT2D eigenvalue weighted by molar-refractivity contribution is -0.121. The van der Waals surface area contributed by atoms with Crippen molar-refractivity contribution in [2.45, 2.75) is 51.5 Å². The highest BCUT2D eigenvalue weighted by molar-refractivity contribution is 7.14. The third-order valence-corrected chi connectivity index (χ3v) is 6.93. The smallest absolute Gasteiger partial charge is 0.323 e. The Bertz CT molecular complexity index is 661. The summed E-state index contributed by atoms with van der Waals surface area (Å²) in [5.74, 6) is 2.39. The van der Waals surface area contributed by atoms with Gasteiger partial charge >= 0.3 is 6.03 Å². The highest BCUT2D eigenvalue weighted by atomic mass is 32.1. The van der Waals surface area contributed by atoms with Gasteiger partial charge in [0.05, 0.1) is 12.1 Å². The van der Waals surface area contributed by atoms with Crippen molar-refractivity contribution in [1.82, 2.24) is 15.6 Å². The zero-order valence-electron chi connectivity index (χ0n) is 14.7. The van der Waals surface area contributed by atoms with E-state index < -0.39 is 0 Å². The SMILES string of the molecule is C[C@@H](NC(=O)Cc1csc(N2CCCNC2=O)n1)[C@@H]1C[C@H]2CC[C@H]1C2. The number of urea groups is 1. The van der Waals surface area contributed by atoms with Gasteiger partial charge in [-0.05, 0) is 50.4 Å². The van der Waals surface area contributed by atoms with E-state index in [1.54, 1.807) is 4.90 Å². The molecule has 2 aliphatic carbocycles. The number of hydrogen-bond acceptors (Lipinski definition) is 4. The molecule has 1 aromatic heterocycles. The van der Waals surface area contributed by atoms with Crippen molar-refractivity contribution >= 4 is 28.4 Å². The molecule has 136 valence electrons. The molecule has 7 heteroatoms. The van der Waals surface area contributed by atoms with E-state index in [2.05, 4.69) is 22.5 Å². The molecule has 6 nitrogen and oxygen atoms in total. The summed E-state index contributed by atoms with van der Waals surface area (Å²) in [6, 6.07) is 0.148. The first-order valence-corrected chi connectivity index (χ1v) is 10.3. The first kappa shape index (κ1) is 16.8. The van der Waals surface area contributed by atoms with Gasteiger partial charge in [0, 0.05) is 24.5 Å². The standard InChI is InChI=1S/C18H26N4O2S/c1-11(15-8-12-3-4-13(15)7-12)20-16(23)9-14-10-25-18(21-14)22-6-2-5-19-17(22)24/h10-13,15H,2-9H2,1H3,(H,19,24)(H,20,23)/t11-,12+,13+,15+/m1/s1. The number of carbonyl (C=O) groups excluding carboxylic acids is 2. The zero-order chi connectivity index (χ0) is 17.4. The zero-order valence-corrected chi connectivity index (χ0v) is 15.5. The molecule has 4 rings (SSSR count). The maximum Gasteiger partial charge on any atom is 0.323 e. The number of aromatic nitrogens is 1. The van der Waals surface area contributed by atoms with Gasteiger partial charge in [0.1, 0.15) is 0 Å². The molecule has 25 heavy (non-hydrogen) atoms. The van der Waals surface area contributed by atoms with Crippen LogP contribution in [0.5, 0.6) is 0 Å². The molecule has 3 fully saturated rings. The number of nitrogens with zero attached hydrogens (tertiary/aromatic N) is 2. The maximum atomic E-state index is 12.4. The molecular formula is C18H26N4O2S. The van der Waals surface area contributed by atoms with E-state index in [1.807, 2.05) is 5.38 Å². The molecule has 0 aromatic carbocycles. The lowest BCUT2D eigenvalue weighted by Crippen LogP contribution is -2.46. The van der Waals surface area contributed by atoms with Crippen LogP contribution in [0.25, 0.3) is 0 Å². The number of anilines is 1. The van der Waals surface area contributed by atoms with Gasteiger partial charge in [0.15, 0.2) is 5.13 Å². The molecule has 2 N–H and O–H groups in total. The number of thiazole rings is 1. The fourth-order valence-electron chi connectivity index (χ4n) is 4.80. The molecule has 3 aliphatic rings. The monoisotopic (exact) mass is 362 g/mol. The van der Waals surface area contributed by atoms with Crippen LogP contribution in [0.3, 0.4) is 0 Å². The largest absolute Gasteiger partial charge is 0.353 e. The third-order valence-electron chi connectivity index (χ3n) is 6.02. The summed E-state index contributed by atoms with van der Waals surface area (Å²) in [5.41, 5.74) is 0.746. The number of amides is 3. The Kier molecular flexibility index (Phi) is 4.67. The minimum atomic E-state index is -0.0958. The van der Waals surface area contributed by atoms with E-state index in [0.717, 1.165) is 30.5 Å². The first-order valence-electron chi connectivity index (χ1n) is 9.39. The van der Waals surface area contributed by atoms with Crippen molar-refractivity contribution in [2.24, 2.45) is 17.8 Å². The van der Waals surface area contributed by atoms with Crippen molar-refractivity contribution in [3.63, 3.8) is 0 Å². The van der Waals surface area contributed by atoms with Crippen LogP contribution in [-0.2, 0) is 11.2 Å². The van der Waals surface area contributed by atoms with Crippen LogP contribution in [-0.4, -0.2) is 36.1 Å². The van der Waals surface area contributed by atoms with Crippen LogP contribution in [0.2, 0.25) is 0 Å². The molecular weight excluding hydrogens is 336 g/mol. The minimum absolute atomic E-state index is 0.0372. The van der Waals surface area contributed by atoms with Crippen LogP contribution in [0, 0.1) is 17.8 Å². The molecule has 1 aromatic rings. The Hall–Kier alpha value is -1.63. The molecule has 0 unspecified atom stereocenters. The van der Waals surface area contributed by atoms with Crippen molar-refractivity contribution in [3.05, 3.63) is 11.1 Å². The topological polar surface area (TPSA) is 74.3 Å². The highest BCUT2D eigenvalue weighted by Gasteiger charge is 2.42. The van der Waals surface area contributed by atoms with Crippen LogP contribution >= 0.6 is 11.3 Å². The van der Waals surface area contributed by atoms with Gasteiger partial charge in [-0.25, -0.2) is 9.78 Å². The molecule has 1 saturated heterocycles. The Balaban J connectivity index is 1.31. The van der Waals surface area contributed by atoms with Gasteiger partial charge in [0.25, 0.3) is 0 Å². The van der Waals surface area contributed by atoms with Gasteiger partial charge in [-0.15, -0.1) is 11.3 Å². The van der Waals surface area contributed by atoms with Gasteiger partial charge in [0.2, 0.25) is 5.91 Å².